The molecule has 0 amide bonds. The number of rotatable bonds is 7. The predicted octanol–water partition coefficient (Wildman–Crippen LogP) is 0.551. The molecule has 1 unspecified atom stereocenters. The standard InChI is InChI=1S/C9H19NO3/c1-8(7-10)3-4-9(11)13-6-5-12-2/h8H,3-7,10H2,1-2H3. The topological polar surface area (TPSA) is 61.5 Å². The van der Waals surface area contributed by atoms with Crippen molar-refractivity contribution < 1.29 is 14.3 Å². The maximum absolute atomic E-state index is 11.0. The maximum atomic E-state index is 11.0. The van der Waals surface area contributed by atoms with E-state index in [2.05, 4.69) is 0 Å². The van der Waals surface area contributed by atoms with Crippen LogP contribution in [0.2, 0.25) is 0 Å². The van der Waals surface area contributed by atoms with Crippen LogP contribution in [0, 0.1) is 5.92 Å². The summed E-state index contributed by atoms with van der Waals surface area (Å²) in [5.74, 6) is 0.215. The minimum atomic E-state index is -0.169. The van der Waals surface area contributed by atoms with Gasteiger partial charge in [-0.25, -0.2) is 0 Å². The molecule has 4 heteroatoms. The van der Waals surface area contributed by atoms with Crippen molar-refractivity contribution in [2.45, 2.75) is 19.8 Å². The fourth-order valence-corrected chi connectivity index (χ4v) is 0.793. The molecule has 13 heavy (non-hydrogen) atoms. The van der Waals surface area contributed by atoms with Crippen LogP contribution in [0.4, 0.5) is 0 Å². The van der Waals surface area contributed by atoms with Crippen LogP contribution in [-0.2, 0) is 14.3 Å². The minimum absolute atomic E-state index is 0.169. The quantitative estimate of drug-likeness (QED) is 0.469. The van der Waals surface area contributed by atoms with E-state index >= 15 is 0 Å². The van der Waals surface area contributed by atoms with Crippen molar-refractivity contribution in [3.05, 3.63) is 0 Å². The van der Waals surface area contributed by atoms with Gasteiger partial charge in [0.1, 0.15) is 6.61 Å². The van der Waals surface area contributed by atoms with Crippen LogP contribution < -0.4 is 5.73 Å². The van der Waals surface area contributed by atoms with Crippen molar-refractivity contribution in [2.75, 3.05) is 26.9 Å². The van der Waals surface area contributed by atoms with Crippen LogP contribution in [0.15, 0.2) is 0 Å². The molecule has 0 aliphatic rings. The number of hydrogen-bond donors (Lipinski definition) is 1. The van der Waals surface area contributed by atoms with Gasteiger partial charge in [-0.2, -0.15) is 0 Å². The molecular formula is C9H19NO3. The van der Waals surface area contributed by atoms with E-state index in [0.717, 1.165) is 6.42 Å². The van der Waals surface area contributed by atoms with Crippen LogP contribution in [0.25, 0.3) is 0 Å². The predicted molar refractivity (Wildman–Crippen MR) is 50.3 cm³/mol. The second-order valence-corrected chi connectivity index (χ2v) is 3.09. The van der Waals surface area contributed by atoms with Gasteiger partial charge in [0.15, 0.2) is 0 Å². The lowest BCUT2D eigenvalue weighted by Gasteiger charge is -2.07. The summed E-state index contributed by atoms with van der Waals surface area (Å²) in [5, 5.41) is 0. The zero-order valence-corrected chi connectivity index (χ0v) is 8.41. The first-order valence-electron chi connectivity index (χ1n) is 4.55. The highest BCUT2D eigenvalue weighted by Crippen LogP contribution is 2.03. The van der Waals surface area contributed by atoms with Gasteiger partial charge in [0, 0.05) is 13.5 Å². The third-order valence-electron chi connectivity index (χ3n) is 1.79. The SMILES string of the molecule is COCCOC(=O)CCC(C)CN. The van der Waals surface area contributed by atoms with E-state index in [1.807, 2.05) is 6.92 Å². The fourth-order valence-electron chi connectivity index (χ4n) is 0.793. The maximum Gasteiger partial charge on any atom is 0.305 e. The number of nitrogens with two attached hydrogens (primary N) is 1. The van der Waals surface area contributed by atoms with Gasteiger partial charge < -0.3 is 15.2 Å². The van der Waals surface area contributed by atoms with Crippen LogP contribution in [-0.4, -0.2) is 32.8 Å². The molecule has 0 heterocycles. The lowest BCUT2D eigenvalue weighted by atomic mass is 10.1. The number of carbonyl (C=O) groups excluding carboxylic acids is 1. The number of hydrogen-bond acceptors (Lipinski definition) is 4. The van der Waals surface area contributed by atoms with Crippen molar-refractivity contribution in [2.24, 2.45) is 11.7 Å². The first-order chi connectivity index (χ1) is 6.20. The van der Waals surface area contributed by atoms with Crippen LogP contribution in [0.5, 0.6) is 0 Å². The Hall–Kier alpha value is -0.610. The largest absolute Gasteiger partial charge is 0.463 e. The second kappa shape index (κ2) is 8.01. The van der Waals surface area contributed by atoms with E-state index in [1.165, 1.54) is 0 Å². The Morgan fingerprint density at radius 1 is 1.46 bits per heavy atom. The molecule has 2 N–H and O–H groups in total. The molecule has 78 valence electrons. The van der Waals surface area contributed by atoms with E-state index in [4.69, 9.17) is 15.2 Å². The summed E-state index contributed by atoms with van der Waals surface area (Å²) in [7, 11) is 1.57. The summed E-state index contributed by atoms with van der Waals surface area (Å²) in [6.07, 6.45) is 1.24. The smallest absolute Gasteiger partial charge is 0.305 e. The third-order valence-corrected chi connectivity index (χ3v) is 1.79. The van der Waals surface area contributed by atoms with Gasteiger partial charge in [0.25, 0.3) is 0 Å². The zero-order chi connectivity index (χ0) is 10.1. The fraction of sp³-hybridized carbons (Fsp3) is 0.889. The Bertz CT molecular complexity index is 139. The first kappa shape index (κ1) is 12.4. The van der Waals surface area contributed by atoms with Gasteiger partial charge in [0.05, 0.1) is 6.61 Å². The Morgan fingerprint density at radius 2 is 2.15 bits per heavy atom. The molecule has 4 nitrogen and oxygen atoms in total. The molecule has 0 aromatic rings. The second-order valence-electron chi connectivity index (χ2n) is 3.09. The van der Waals surface area contributed by atoms with Crippen molar-refractivity contribution in [3.8, 4) is 0 Å². The lowest BCUT2D eigenvalue weighted by Crippen LogP contribution is -2.14. The lowest BCUT2D eigenvalue weighted by molar-refractivity contribution is -0.145. The van der Waals surface area contributed by atoms with Gasteiger partial charge in [-0.3, -0.25) is 4.79 Å². The average Bonchev–Trinajstić information content (AvgIpc) is 2.14. The average molecular weight is 189 g/mol. The molecule has 0 aromatic carbocycles. The highest BCUT2D eigenvalue weighted by atomic mass is 16.6. The van der Waals surface area contributed by atoms with Crippen LogP contribution >= 0.6 is 0 Å². The van der Waals surface area contributed by atoms with Gasteiger partial charge >= 0.3 is 5.97 Å². The summed E-state index contributed by atoms with van der Waals surface area (Å²) in [4.78, 5) is 11.0. The van der Waals surface area contributed by atoms with E-state index in [1.54, 1.807) is 7.11 Å². The molecule has 0 aliphatic carbocycles. The number of methoxy groups -OCH3 is 1. The summed E-state index contributed by atoms with van der Waals surface area (Å²) in [5.41, 5.74) is 5.41. The number of carbonyl (C=O) groups is 1. The third kappa shape index (κ3) is 7.74. The molecule has 0 fully saturated rings. The normalized spacial score (nSPS) is 12.5. The van der Waals surface area contributed by atoms with Gasteiger partial charge in [-0.05, 0) is 18.9 Å². The Kier molecular flexibility index (Phi) is 7.63. The molecule has 0 saturated carbocycles. The molecule has 1 atom stereocenters. The molecule has 0 rings (SSSR count). The van der Waals surface area contributed by atoms with Crippen molar-refractivity contribution in [1.82, 2.24) is 0 Å². The number of esters is 1. The van der Waals surface area contributed by atoms with E-state index in [9.17, 15) is 4.79 Å². The van der Waals surface area contributed by atoms with Crippen molar-refractivity contribution in [1.29, 1.82) is 0 Å². The van der Waals surface area contributed by atoms with Crippen molar-refractivity contribution in [3.63, 3.8) is 0 Å². The Labute approximate surface area is 79.4 Å². The molecule has 0 aliphatic heterocycles. The number of ether oxygens (including phenoxy) is 2. The summed E-state index contributed by atoms with van der Waals surface area (Å²) >= 11 is 0. The summed E-state index contributed by atoms with van der Waals surface area (Å²) in [6.45, 7) is 3.43. The Balaban J connectivity index is 3.30. The van der Waals surface area contributed by atoms with Gasteiger partial charge in [0.2, 0.25) is 0 Å². The van der Waals surface area contributed by atoms with Gasteiger partial charge in [-0.1, -0.05) is 6.92 Å². The van der Waals surface area contributed by atoms with E-state index < -0.39 is 0 Å². The van der Waals surface area contributed by atoms with Crippen LogP contribution in [0.3, 0.4) is 0 Å². The molecule has 0 radical (unpaired) electrons. The highest BCUT2D eigenvalue weighted by Gasteiger charge is 2.05. The van der Waals surface area contributed by atoms with Gasteiger partial charge in [-0.15, -0.1) is 0 Å². The zero-order valence-electron chi connectivity index (χ0n) is 8.41. The monoisotopic (exact) mass is 189 g/mol. The Morgan fingerprint density at radius 3 is 2.69 bits per heavy atom. The minimum Gasteiger partial charge on any atom is -0.463 e. The molecule has 0 saturated heterocycles. The molecular weight excluding hydrogens is 170 g/mol. The van der Waals surface area contributed by atoms with Crippen LogP contribution in [0.1, 0.15) is 19.8 Å². The van der Waals surface area contributed by atoms with E-state index in [0.29, 0.717) is 32.1 Å². The van der Waals surface area contributed by atoms with Crippen molar-refractivity contribution >= 4 is 5.97 Å². The molecule has 0 aromatic heterocycles. The highest BCUT2D eigenvalue weighted by molar-refractivity contribution is 5.69. The first-order valence-corrected chi connectivity index (χ1v) is 4.55. The van der Waals surface area contributed by atoms with E-state index in [-0.39, 0.29) is 5.97 Å². The molecule has 0 bridgehead atoms. The summed E-state index contributed by atoms with van der Waals surface area (Å²) < 4.78 is 9.61. The summed E-state index contributed by atoms with van der Waals surface area (Å²) in [6, 6.07) is 0. The molecule has 0 spiro atoms.